The van der Waals surface area contributed by atoms with Crippen molar-refractivity contribution in [3.8, 4) is 0 Å². The summed E-state index contributed by atoms with van der Waals surface area (Å²) in [5.74, 6) is 0.0702. The van der Waals surface area contributed by atoms with Gasteiger partial charge in [0.15, 0.2) is 0 Å². The van der Waals surface area contributed by atoms with Crippen LogP contribution < -0.4 is 10.6 Å². The number of urea groups is 1. The number of amides is 2. The van der Waals surface area contributed by atoms with Gasteiger partial charge in [0.1, 0.15) is 6.04 Å². The lowest BCUT2D eigenvalue weighted by Gasteiger charge is -2.22. The molecule has 6 heteroatoms. The minimum absolute atomic E-state index is 0.168. The van der Waals surface area contributed by atoms with Gasteiger partial charge in [-0.2, -0.15) is 11.8 Å². The Labute approximate surface area is 118 Å². The van der Waals surface area contributed by atoms with Gasteiger partial charge < -0.3 is 15.7 Å². The summed E-state index contributed by atoms with van der Waals surface area (Å²) in [6.07, 6.45) is 4.42. The van der Waals surface area contributed by atoms with E-state index in [0.29, 0.717) is 11.7 Å². The van der Waals surface area contributed by atoms with Gasteiger partial charge in [0.2, 0.25) is 0 Å². The number of aliphatic carboxylic acids is 1. The fraction of sp³-hybridized carbons (Fsp3) is 0.846. The summed E-state index contributed by atoms with van der Waals surface area (Å²) in [4.78, 5) is 22.8. The largest absolute Gasteiger partial charge is 0.480 e. The van der Waals surface area contributed by atoms with E-state index in [9.17, 15) is 9.59 Å². The first-order chi connectivity index (χ1) is 9.08. The first-order valence-electron chi connectivity index (χ1n) is 6.99. The van der Waals surface area contributed by atoms with Crippen LogP contribution in [0.2, 0.25) is 0 Å². The number of carboxylic acid groups (broad SMARTS) is 1. The highest BCUT2D eigenvalue weighted by Gasteiger charge is 2.29. The molecule has 1 aliphatic carbocycles. The molecule has 1 aliphatic rings. The van der Waals surface area contributed by atoms with E-state index in [1.54, 1.807) is 0 Å². The van der Waals surface area contributed by atoms with E-state index in [-0.39, 0.29) is 12.1 Å². The van der Waals surface area contributed by atoms with Crippen molar-refractivity contribution in [2.45, 2.75) is 63.3 Å². The molecule has 2 amide bonds. The number of carbonyl (C=O) groups is 2. The quantitative estimate of drug-likeness (QED) is 0.671. The molecule has 0 aromatic carbocycles. The zero-order valence-corrected chi connectivity index (χ0v) is 12.5. The van der Waals surface area contributed by atoms with Crippen molar-refractivity contribution < 1.29 is 14.7 Å². The molecule has 0 spiro atoms. The monoisotopic (exact) mass is 288 g/mol. The molecule has 0 heterocycles. The summed E-state index contributed by atoms with van der Waals surface area (Å²) in [7, 11) is 0. The molecule has 0 saturated heterocycles. The third-order valence-corrected chi connectivity index (χ3v) is 4.66. The molecule has 5 nitrogen and oxygen atoms in total. The summed E-state index contributed by atoms with van der Waals surface area (Å²) in [5, 5.41) is 14.9. The van der Waals surface area contributed by atoms with Crippen molar-refractivity contribution in [3.63, 3.8) is 0 Å². The first-order valence-corrected chi connectivity index (χ1v) is 8.04. The minimum Gasteiger partial charge on any atom is -0.480 e. The highest BCUT2D eigenvalue weighted by atomic mass is 32.2. The Kier molecular flexibility index (Phi) is 7.05. The number of hydrogen-bond donors (Lipinski definition) is 3. The number of hydrogen-bond acceptors (Lipinski definition) is 3. The average Bonchev–Trinajstić information content (AvgIpc) is 2.76. The molecular weight excluding hydrogens is 264 g/mol. The second kappa shape index (κ2) is 8.30. The van der Waals surface area contributed by atoms with Gasteiger partial charge in [-0.3, -0.25) is 0 Å². The molecule has 1 rings (SSSR count). The molecule has 3 atom stereocenters. The zero-order chi connectivity index (χ0) is 14.3. The Morgan fingerprint density at radius 2 is 2.11 bits per heavy atom. The van der Waals surface area contributed by atoms with Gasteiger partial charge in [-0.25, -0.2) is 9.59 Å². The molecule has 0 bridgehead atoms. The lowest BCUT2D eigenvalue weighted by atomic mass is 10.2. The number of carboxylic acids is 1. The molecular formula is C13H24N2O3S. The van der Waals surface area contributed by atoms with E-state index in [0.717, 1.165) is 31.4 Å². The van der Waals surface area contributed by atoms with Crippen LogP contribution in [0.15, 0.2) is 0 Å². The van der Waals surface area contributed by atoms with E-state index in [1.807, 2.05) is 18.7 Å². The van der Waals surface area contributed by atoms with Crippen LogP contribution in [0.3, 0.4) is 0 Å². The van der Waals surface area contributed by atoms with Gasteiger partial charge >= 0.3 is 12.0 Å². The summed E-state index contributed by atoms with van der Waals surface area (Å²) in [6, 6.07) is -0.973. The van der Waals surface area contributed by atoms with Crippen molar-refractivity contribution in [2.24, 2.45) is 0 Å². The molecule has 0 aromatic rings. The smallest absolute Gasteiger partial charge is 0.326 e. The molecule has 110 valence electrons. The Hall–Kier alpha value is -0.910. The molecule has 1 saturated carbocycles. The van der Waals surface area contributed by atoms with Gasteiger partial charge in [-0.1, -0.05) is 26.7 Å². The molecule has 0 radical (unpaired) electrons. The molecule has 2 unspecified atom stereocenters. The van der Waals surface area contributed by atoms with E-state index in [4.69, 9.17) is 5.11 Å². The Balaban J connectivity index is 2.43. The van der Waals surface area contributed by atoms with Crippen molar-refractivity contribution in [1.29, 1.82) is 0 Å². The van der Waals surface area contributed by atoms with Crippen LogP contribution in [-0.2, 0) is 4.79 Å². The standard InChI is InChI=1S/C13H24N2O3S/c1-3-6-10(12(16)17)15-13(18)14-9-7-5-8-11(9)19-4-2/h9-11H,3-8H2,1-2H3,(H,16,17)(H2,14,15,18)/t9?,10-,11?/m1/s1. The highest BCUT2D eigenvalue weighted by Crippen LogP contribution is 2.29. The lowest BCUT2D eigenvalue weighted by Crippen LogP contribution is -2.50. The first kappa shape index (κ1) is 16.1. The zero-order valence-electron chi connectivity index (χ0n) is 11.6. The van der Waals surface area contributed by atoms with Crippen molar-refractivity contribution in [1.82, 2.24) is 10.6 Å². The van der Waals surface area contributed by atoms with E-state index >= 15 is 0 Å². The summed E-state index contributed by atoms with van der Waals surface area (Å²) < 4.78 is 0. The maximum absolute atomic E-state index is 11.8. The third-order valence-electron chi connectivity index (χ3n) is 3.33. The molecule has 0 aliphatic heterocycles. The molecule has 0 aromatic heterocycles. The Morgan fingerprint density at radius 1 is 1.37 bits per heavy atom. The summed E-state index contributed by atoms with van der Waals surface area (Å²) >= 11 is 1.87. The summed E-state index contributed by atoms with van der Waals surface area (Å²) in [5.41, 5.74) is 0. The highest BCUT2D eigenvalue weighted by molar-refractivity contribution is 7.99. The third kappa shape index (κ3) is 5.30. The Bertz CT molecular complexity index is 312. The maximum Gasteiger partial charge on any atom is 0.326 e. The van der Waals surface area contributed by atoms with E-state index < -0.39 is 12.0 Å². The SMILES string of the molecule is CCC[C@@H](NC(=O)NC1CCCC1SCC)C(=O)O. The Morgan fingerprint density at radius 3 is 2.68 bits per heavy atom. The van der Waals surface area contributed by atoms with Gasteiger partial charge in [0, 0.05) is 11.3 Å². The number of nitrogens with one attached hydrogen (secondary N) is 2. The van der Waals surface area contributed by atoms with Crippen molar-refractivity contribution in [2.75, 3.05) is 5.75 Å². The second-order valence-electron chi connectivity index (χ2n) is 4.83. The fourth-order valence-electron chi connectivity index (χ4n) is 2.42. The summed E-state index contributed by atoms with van der Waals surface area (Å²) in [6.45, 7) is 4.02. The van der Waals surface area contributed by atoms with E-state index in [2.05, 4.69) is 17.6 Å². The predicted molar refractivity (Wildman–Crippen MR) is 77.6 cm³/mol. The van der Waals surface area contributed by atoms with E-state index in [1.165, 1.54) is 0 Å². The minimum atomic E-state index is -0.970. The molecule has 19 heavy (non-hydrogen) atoms. The number of rotatable bonds is 7. The van der Waals surface area contributed by atoms with Crippen LogP contribution in [0, 0.1) is 0 Å². The lowest BCUT2D eigenvalue weighted by molar-refractivity contribution is -0.139. The van der Waals surface area contributed by atoms with Crippen molar-refractivity contribution in [3.05, 3.63) is 0 Å². The number of thioether (sulfide) groups is 1. The van der Waals surface area contributed by atoms with Gasteiger partial charge in [0.05, 0.1) is 0 Å². The van der Waals surface area contributed by atoms with Crippen LogP contribution >= 0.6 is 11.8 Å². The molecule has 1 fully saturated rings. The van der Waals surface area contributed by atoms with Crippen LogP contribution in [0.4, 0.5) is 4.79 Å². The number of carbonyl (C=O) groups excluding carboxylic acids is 1. The van der Waals surface area contributed by atoms with Crippen LogP contribution in [-0.4, -0.2) is 40.2 Å². The average molecular weight is 288 g/mol. The second-order valence-corrected chi connectivity index (χ2v) is 6.34. The maximum atomic E-state index is 11.8. The molecule has 3 N–H and O–H groups in total. The van der Waals surface area contributed by atoms with Crippen LogP contribution in [0.5, 0.6) is 0 Å². The van der Waals surface area contributed by atoms with Gasteiger partial charge in [-0.05, 0) is 25.0 Å². The van der Waals surface area contributed by atoms with Crippen LogP contribution in [0.25, 0.3) is 0 Å². The van der Waals surface area contributed by atoms with Gasteiger partial charge in [0.25, 0.3) is 0 Å². The predicted octanol–water partition coefficient (Wildman–Crippen LogP) is 2.21. The van der Waals surface area contributed by atoms with Crippen molar-refractivity contribution >= 4 is 23.8 Å². The van der Waals surface area contributed by atoms with Gasteiger partial charge in [-0.15, -0.1) is 0 Å². The normalized spacial score (nSPS) is 23.9. The van der Waals surface area contributed by atoms with Crippen LogP contribution in [0.1, 0.15) is 46.0 Å². The topological polar surface area (TPSA) is 78.4 Å². The fourth-order valence-corrected chi connectivity index (χ4v) is 3.62.